The molecule has 0 N–H and O–H groups in total. The maximum Gasteiger partial charge on any atom is 0.338 e. The highest BCUT2D eigenvalue weighted by molar-refractivity contribution is 7.07. The summed E-state index contributed by atoms with van der Waals surface area (Å²) in [6, 6.07) is 13.1. The first kappa shape index (κ1) is 22.9. The predicted octanol–water partition coefficient (Wildman–Crippen LogP) is 4.06. The van der Waals surface area contributed by atoms with Crippen molar-refractivity contribution in [3.05, 3.63) is 102 Å². The minimum absolute atomic E-state index is 0.197. The first-order chi connectivity index (χ1) is 15.8. The maximum absolute atomic E-state index is 13.6. The Morgan fingerprint density at radius 1 is 1.18 bits per heavy atom. The summed E-state index contributed by atoms with van der Waals surface area (Å²) in [5.74, 6) is -0.509. The summed E-state index contributed by atoms with van der Waals surface area (Å²) in [6.07, 6.45) is 1.83. The van der Waals surface area contributed by atoms with E-state index in [4.69, 9.17) is 4.74 Å². The van der Waals surface area contributed by atoms with Crippen LogP contribution in [0.2, 0.25) is 0 Å². The third-order valence-corrected chi connectivity index (χ3v) is 6.59. The van der Waals surface area contributed by atoms with Crippen LogP contribution in [-0.4, -0.2) is 17.1 Å². The van der Waals surface area contributed by atoms with E-state index in [0.717, 1.165) is 5.56 Å². The van der Waals surface area contributed by atoms with Crippen molar-refractivity contribution in [2.45, 2.75) is 39.7 Å². The summed E-state index contributed by atoms with van der Waals surface area (Å²) >= 11 is 1.27. The summed E-state index contributed by atoms with van der Waals surface area (Å²) in [5.41, 5.74) is 3.25. The third-order valence-electron chi connectivity index (χ3n) is 5.60. The van der Waals surface area contributed by atoms with Gasteiger partial charge in [-0.25, -0.2) is 14.2 Å². The lowest BCUT2D eigenvalue weighted by Crippen LogP contribution is -2.39. The van der Waals surface area contributed by atoms with Crippen LogP contribution in [0.4, 0.5) is 4.39 Å². The van der Waals surface area contributed by atoms with Crippen molar-refractivity contribution in [1.82, 2.24) is 4.57 Å². The minimum atomic E-state index is -0.744. The molecule has 0 bridgehead atoms. The molecule has 2 heterocycles. The SMILES string of the molecule is CCOC(=O)C1=C(C)N=c2s/c(=C/c3ccc(C(C)C)cc3)c(=O)n2[C@H]1c1ccc(F)cc1. The first-order valence-corrected chi connectivity index (χ1v) is 11.7. The fraction of sp³-hybridized carbons (Fsp3) is 0.269. The molecule has 33 heavy (non-hydrogen) atoms. The molecule has 0 aliphatic carbocycles. The van der Waals surface area contributed by atoms with E-state index in [-0.39, 0.29) is 17.7 Å². The van der Waals surface area contributed by atoms with E-state index < -0.39 is 17.8 Å². The van der Waals surface area contributed by atoms with Gasteiger partial charge in [-0.3, -0.25) is 9.36 Å². The zero-order valence-electron chi connectivity index (χ0n) is 19.0. The van der Waals surface area contributed by atoms with Gasteiger partial charge in [0.15, 0.2) is 4.80 Å². The molecule has 1 aromatic heterocycles. The number of ether oxygens (including phenoxy) is 1. The van der Waals surface area contributed by atoms with Crippen LogP contribution in [0.25, 0.3) is 6.08 Å². The fourth-order valence-electron chi connectivity index (χ4n) is 3.88. The molecular weight excluding hydrogens is 439 g/mol. The van der Waals surface area contributed by atoms with Gasteiger partial charge in [-0.2, -0.15) is 0 Å². The van der Waals surface area contributed by atoms with E-state index in [2.05, 4.69) is 31.0 Å². The Hall–Kier alpha value is -3.32. The third kappa shape index (κ3) is 4.46. The second kappa shape index (κ2) is 9.27. The molecule has 0 amide bonds. The lowest BCUT2D eigenvalue weighted by Gasteiger charge is -2.24. The van der Waals surface area contributed by atoms with Gasteiger partial charge in [0.2, 0.25) is 0 Å². The molecule has 0 saturated carbocycles. The van der Waals surface area contributed by atoms with Crippen molar-refractivity contribution < 1.29 is 13.9 Å². The molecule has 1 aliphatic heterocycles. The van der Waals surface area contributed by atoms with Crippen LogP contribution in [0.15, 0.2) is 69.6 Å². The molecule has 3 aromatic rings. The Bertz CT molecular complexity index is 1400. The number of benzene rings is 2. The highest BCUT2D eigenvalue weighted by Gasteiger charge is 2.33. The van der Waals surface area contributed by atoms with Crippen molar-refractivity contribution in [3.63, 3.8) is 0 Å². The number of hydrogen-bond acceptors (Lipinski definition) is 5. The zero-order valence-corrected chi connectivity index (χ0v) is 19.8. The normalized spacial score (nSPS) is 16.1. The first-order valence-electron chi connectivity index (χ1n) is 10.8. The minimum Gasteiger partial charge on any atom is -0.463 e. The summed E-state index contributed by atoms with van der Waals surface area (Å²) in [4.78, 5) is 31.4. The molecule has 0 spiro atoms. The summed E-state index contributed by atoms with van der Waals surface area (Å²) in [6.45, 7) is 7.91. The number of carbonyl (C=O) groups excluding carboxylic acids is 1. The van der Waals surface area contributed by atoms with Crippen molar-refractivity contribution in [2.24, 2.45) is 4.99 Å². The monoisotopic (exact) mass is 464 g/mol. The van der Waals surface area contributed by atoms with Gasteiger partial charge < -0.3 is 4.74 Å². The Kier molecular flexibility index (Phi) is 6.42. The molecule has 0 radical (unpaired) electrons. The standard InChI is InChI=1S/C26H25FN2O3S/c1-5-32-25(31)22-16(4)28-26-29(23(22)19-10-12-20(27)13-11-19)24(30)21(33-26)14-17-6-8-18(9-7-17)15(2)3/h6-15,23H,5H2,1-4H3/b21-14+/t23-/m0/s1. The van der Waals surface area contributed by atoms with E-state index in [1.807, 2.05) is 18.2 Å². The van der Waals surface area contributed by atoms with Crippen molar-refractivity contribution in [3.8, 4) is 0 Å². The molecule has 5 nitrogen and oxygen atoms in total. The number of thiazole rings is 1. The zero-order chi connectivity index (χ0) is 23.7. The van der Waals surface area contributed by atoms with Crippen LogP contribution in [0.5, 0.6) is 0 Å². The smallest absolute Gasteiger partial charge is 0.338 e. The van der Waals surface area contributed by atoms with E-state index in [1.54, 1.807) is 26.0 Å². The Morgan fingerprint density at radius 2 is 1.85 bits per heavy atom. The average Bonchev–Trinajstić information content (AvgIpc) is 3.08. The maximum atomic E-state index is 13.6. The summed E-state index contributed by atoms with van der Waals surface area (Å²) in [7, 11) is 0. The Labute approximate surface area is 195 Å². The molecule has 2 aromatic carbocycles. The van der Waals surface area contributed by atoms with Crippen LogP contribution in [0, 0.1) is 5.82 Å². The van der Waals surface area contributed by atoms with Gasteiger partial charge in [0.05, 0.1) is 28.5 Å². The highest BCUT2D eigenvalue weighted by Crippen LogP contribution is 2.30. The van der Waals surface area contributed by atoms with Gasteiger partial charge >= 0.3 is 5.97 Å². The Balaban J connectivity index is 1.90. The van der Waals surface area contributed by atoms with Crippen molar-refractivity contribution >= 4 is 23.4 Å². The van der Waals surface area contributed by atoms with Crippen molar-refractivity contribution in [2.75, 3.05) is 6.61 Å². The average molecular weight is 465 g/mol. The molecule has 0 saturated heterocycles. The van der Waals surface area contributed by atoms with Gasteiger partial charge in [0.25, 0.3) is 5.56 Å². The second-order valence-electron chi connectivity index (χ2n) is 8.18. The second-order valence-corrected chi connectivity index (χ2v) is 9.18. The number of halogens is 1. The molecule has 0 fully saturated rings. The Morgan fingerprint density at radius 3 is 2.45 bits per heavy atom. The number of nitrogens with zero attached hydrogens (tertiary/aromatic N) is 2. The van der Waals surface area contributed by atoms with E-state index in [0.29, 0.717) is 26.5 Å². The summed E-state index contributed by atoms with van der Waals surface area (Å²) in [5, 5.41) is 0. The van der Waals surface area contributed by atoms with Gasteiger partial charge in [-0.15, -0.1) is 0 Å². The summed E-state index contributed by atoms with van der Waals surface area (Å²) < 4.78 is 20.9. The number of aromatic nitrogens is 1. The number of rotatable bonds is 5. The molecule has 1 aliphatic rings. The van der Waals surface area contributed by atoms with Gasteiger partial charge in [-0.1, -0.05) is 61.6 Å². The van der Waals surface area contributed by atoms with E-state index >= 15 is 0 Å². The number of allylic oxidation sites excluding steroid dienone is 1. The number of esters is 1. The van der Waals surface area contributed by atoms with Gasteiger partial charge in [-0.05, 0) is 54.7 Å². The molecule has 0 unspecified atom stereocenters. The van der Waals surface area contributed by atoms with Gasteiger partial charge in [0.1, 0.15) is 5.82 Å². The number of fused-ring (bicyclic) bond motifs is 1. The fourth-order valence-corrected chi connectivity index (χ4v) is 4.93. The number of carbonyl (C=O) groups is 1. The highest BCUT2D eigenvalue weighted by atomic mass is 32.1. The molecule has 7 heteroatoms. The van der Waals surface area contributed by atoms with E-state index in [9.17, 15) is 14.0 Å². The van der Waals surface area contributed by atoms with Crippen molar-refractivity contribution in [1.29, 1.82) is 0 Å². The van der Waals surface area contributed by atoms with Gasteiger partial charge in [0, 0.05) is 0 Å². The quantitative estimate of drug-likeness (QED) is 0.535. The lowest BCUT2D eigenvalue weighted by molar-refractivity contribution is -0.139. The largest absolute Gasteiger partial charge is 0.463 e. The van der Waals surface area contributed by atoms with Crippen LogP contribution >= 0.6 is 11.3 Å². The molecule has 4 rings (SSSR count). The molecule has 170 valence electrons. The lowest BCUT2D eigenvalue weighted by atomic mass is 9.96. The predicted molar refractivity (Wildman–Crippen MR) is 127 cm³/mol. The van der Waals surface area contributed by atoms with Crippen LogP contribution in [-0.2, 0) is 9.53 Å². The van der Waals surface area contributed by atoms with Crippen LogP contribution in [0.1, 0.15) is 56.3 Å². The topological polar surface area (TPSA) is 60.7 Å². The van der Waals surface area contributed by atoms with Crippen LogP contribution < -0.4 is 14.9 Å². The molecule has 1 atom stereocenters. The number of hydrogen-bond donors (Lipinski definition) is 0. The van der Waals surface area contributed by atoms with E-state index in [1.165, 1.54) is 33.6 Å². The van der Waals surface area contributed by atoms with Crippen LogP contribution in [0.3, 0.4) is 0 Å². The molecular formula is C26H25FN2O3S.